The minimum atomic E-state index is -0.109. The normalized spacial score (nSPS) is 11.2. The standard InChI is InChI=1S/C18H15ClN6OS/c1-11-4-2-7-15-21-14(9-16(26)24(11)15)10-27-18-23-22-17(25(18)20)12-5-3-6-13(19)8-12/h2-9H,10,20H2,1H3. The van der Waals surface area contributed by atoms with Crippen LogP contribution in [0.3, 0.4) is 0 Å². The second-order valence-electron chi connectivity index (χ2n) is 5.92. The Bertz CT molecular complexity index is 1200. The maximum Gasteiger partial charge on any atom is 0.258 e. The third kappa shape index (κ3) is 3.41. The number of nitrogens with two attached hydrogens (primary N) is 1. The fraction of sp³-hybridized carbons (Fsp3) is 0.111. The van der Waals surface area contributed by atoms with Gasteiger partial charge in [0.2, 0.25) is 5.16 Å². The summed E-state index contributed by atoms with van der Waals surface area (Å²) in [5, 5.41) is 9.40. The van der Waals surface area contributed by atoms with Gasteiger partial charge in [-0.15, -0.1) is 10.2 Å². The van der Waals surface area contributed by atoms with Gasteiger partial charge in [0.25, 0.3) is 5.56 Å². The van der Waals surface area contributed by atoms with E-state index in [-0.39, 0.29) is 5.56 Å². The van der Waals surface area contributed by atoms with Gasteiger partial charge in [-0.05, 0) is 31.2 Å². The molecule has 0 radical (unpaired) electrons. The lowest BCUT2D eigenvalue weighted by Crippen LogP contribution is -2.17. The van der Waals surface area contributed by atoms with Crippen molar-refractivity contribution in [3.8, 4) is 11.4 Å². The van der Waals surface area contributed by atoms with Gasteiger partial charge in [-0.1, -0.05) is 41.6 Å². The minimum Gasteiger partial charge on any atom is -0.335 e. The zero-order chi connectivity index (χ0) is 19.0. The second-order valence-corrected chi connectivity index (χ2v) is 7.30. The molecule has 27 heavy (non-hydrogen) atoms. The Hall–Kier alpha value is -2.84. The molecule has 3 aromatic heterocycles. The van der Waals surface area contributed by atoms with E-state index < -0.39 is 0 Å². The van der Waals surface area contributed by atoms with Crippen LogP contribution in [-0.4, -0.2) is 24.3 Å². The average Bonchev–Trinajstić information content (AvgIpc) is 3.00. The van der Waals surface area contributed by atoms with Crippen molar-refractivity contribution < 1.29 is 0 Å². The van der Waals surface area contributed by atoms with Crippen molar-refractivity contribution in [2.24, 2.45) is 0 Å². The van der Waals surface area contributed by atoms with E-state index in [9.17, 15) is 4.79 Å². The van der Waals surface area contributed by atoms with E-state index in [4.69, 9.17) is 17.4 Å². The van der Waals surface area contributed by atoms with Gasteiger partial charge in [0.15, 0.2) is 5.82 Å². The number of hydrogen-bond donors (Lipinski definition) is 1. The van der Waals surface area contributed by atoms with Crippen LogP contribution in [0.25, 0.3) is 17.0 Å². The fourth-order valence-corrected chi connectivity index (χ4v) is 3.72. The van der Waals surface area contributed by atoms with Gasteiger partial charge in [-0.3, -0.25) is 9.20 Å². The summed E-state index contributed by atoms with van der Waals surface area (Å²) in [5.74, 6) is 7.10. The summed E-state index contributed by atoms with van der Waals surface area (Å²) in [6.45, 7) is 1.87. The number of halogens is 1. The number of aryl methyl sites for hydroxylation is 1. The average molecular weight is 399 g/mol. The number of benzene rings is 1. The molecule has 2 N–H and O–H groups in total. The van der Waals surface area contributed by atoms with Crippen LogP contribution in [0.5, 0.6) is 0 Å². The van der Waals surface area contributed by atoms with Crippen molar-refractivity contribution in [1.29, 1.82) is 0 Å². The number of hydrogen-bond acceptors (Lipinski definition) is 6. The van der Waals surface area contributed by atoms with Crippen molar-refractivity contribution in [2.75, 3.05) is 5.84 Å². The van der Waals surface area contributed by atoms with E-state index in [2.05, 4.69) is 15.2 Å². The van der Waals surface area contributed by atoms with Crippen LogP contribution in [0.15, 0.2) is 58.5 Å². The highest BCUT2D eigenvalue weighted by atomic mass is 35.5. The third-order valence-electron chi connectivity index (χ3n) is 4.03. The van der Waals surface area contributed by atoms with Gasteiger partial charge in [0, 0.05) is 28.1 Å². The number of fused-ring (bicyclic) bond motifs is 1. The number of nitrogens with zero attached hydrogens (tertiary/aromatic N) is 5. The number of pyridine rings is 1. The Morgan fingerprint density at radius 2 is 1.96 bits per heavy atom. The monoisotopic (exact) mass is 398 g/mol. The van der Waals surface area contributed by atoms with Crippen LogP contribution in [0.1, 0.15) is 11.4 Å². The number of thioether (sulfide) groups is 1. The van der Waals surface area contributed by atoms with Crippen molar-refractivity contribution in [3.05, 3.63) is 75.3 Å². The molecular formula is C18H15ClN6OS. The summed E-state index contributed by atoms with van der Waals surface area (Å²) in [4.78, 5) is 16.9. The number of aromatic nitrogens is 5. The first kappa shape index (κ1) is 17.6. The molecule has 0 atom stereocenters. The van der Waals surface area contributed by atoms with E-state index in [0.717, 1.165) is 11.3 Å². The van der Waals surface area contributed by atoms with Crippen LogP contribution in [-0.2, 0) is 5.75 Å². The Labute approximate surface area is 163 Å². The van der Waals surface area contributed by atoms with Gasteiger partial charge >= 0.3 is 0 Å². The molecule has 0 aliphatic heterocycles. The van der Waals surface area contributed by atoms with Gasteiger partial charge < -0.3 is 5.84 Å². The lowest BCUT2D eigenvalue weighted by atomic mass is 10.2. The predicted molar refractivity (Wildman–Crippen MR) is 106 cm³/mol. The molecule has 0 saturated heterocycles. The smallest absolute Gasteiger partial charge is 0.258 e. The first-order valence-electron chi connectivity index (χ1n) is 8.10. The Balaban J connectivity index is 1.60. The minimum absolute atomic E-state index is 0.109. The van der Waals surface area contributed by atoms with Crippen molar-refractivity contribution in [1.82, 2.24) is 24.3 Å². The maximum absolute atomic E-state index is 12.4. The Morgan fingerprint density at radius 1 is 1.15 bits per heavy atom. The molecule has 1 aromatic carbocycles. The second kappa shape index (κ2) is 7.05. The summed E-state index contributed by atoms with van der Waals surface area (Å²) in [5.41, 5.74) is 2.79. The molecule has 4 rings (SSSR count). The lowest BCUT2D eigenvalue weighted by Gasteiger charge is -2.06. The van der Waals surface area contributed by atoms with Gasteiger partial charge in [-0.25, -0.2) is 9.66 Å². The third-order valence-corrected chi connectivity index (χ3v) is 5.24. The SMILES string of the molecule is Cc1cccc2nc(CSc3nnc(-c4cccc(Cl)c4)n3N)cc(=O)n12. The number of nitrogen functional groups attached to an aromatic ring is 1. The Kier molecular flexibility index (Phi) is 4.59. The van der Waals surface area contributed by atoms with E-state index in [1.165, 1.54) is 22.5 Å². The molecule has 4 aromatic rings. The molecule has 0 aliphatic carbocycles. The van der Waals surface area contributed by atoms with Gasteiger partial charge in [-0.2, -0.15) is 0 Å². The topological polar surface area (TPSA) is 91.1 Å². The largest absolute Gasteiger partial charge is 0.335 e. The maximum atomic E-state index is 12.4. The summed E-state index contributed by atoms with van der Waals surface area (Å²) in [6, 6.07) is 14.3. The van der Waals surface area contributed by atoms with E-state index >= 15 is 0 Å². The van der Waals surface area contributed by atoms with E-state index in [1.807, 2.05) is 37.3 Å². The fourth-order valence-electron chi connectivity index (χ4n) is 2.78. The molecule has 0 saturated carbocycles. The first-order chi connectivity index (χ1) is 13.0. The summed E-state index contributed by atoms with van der Waals surface area (Å²) < 4.78 is 2.99. The molecule has 9 heteroatoms. The molecule has 0 fully saturated rings. The van der Waals surface area contributed by atoms with Gasteiger partial charge in [0.05, 0.1) is 5.69 Å². The lowest BCUT2D eigenvalue weighted by molar-refractivity contribution is 0.848. The summed E-state index contributed by atoms with van der Waals surface area (Å²) in [6.07, 6.45) is 0. The highest BCUT2D eigenvalue weighted by Gasteiger charge is 2.13. The van der Waals surface area contributed by atoms with Crippen LogP contribution in [0.2, 0.25) is 5.02 Å². The highest BCUT2D eigenvalue weighted by molar-refractivity contribution is 7.98. The number of rotatable bonds is 4. The van der Waals surface area contributed by atoms with Crippen molar-refractivity contribution >= 4 is 29.0 Å². The first-order valence-corrected chi connectivity index (χ1v) is 9.47. The van der Waals surface area contributed by atoms with Crippen LogP contribution in [0, 0.1) is 6.92 Å². The zero-order valence-corrected chi connectivity index (χ0v) is 15.9. The highest BCUT2D eigenvalue weighted by Crippen LogP contribution is 2.25. The Morgan fingerprint density at radius 3 is 2.78 bits per heavy atom. The molecule has 3 heterocycles. The molecular weight excluding hydrogens is 384 g/mol. The van der Waals surface area contributed by atoms with E-state index in [0.29, 0.717) is 33.1 Å². The molecule has 0 bridgehead atoms. The van der Waals surface area contributed by atoms with Crippen molar-refractivity contribution in [3.63, 3.8) is 0 Å². The van der Waals surface area contributed by atoms with Crippen LogP contribution in [0.4, 0.5) is 0 Å². The summed E-state index contributed by atoms with van der Waals surface area (Å²) in [7, 11) is 0. The zero-order valence-electron chi connectivity index (χ0n) is 14.3. The summed E-state index contributed by atoms with van der Waals surface area (Å²) >= 11 is 7.39. The molecule has 0 amide bonds. The van der Waals surface area contributed by atoms with E-state index in [1.54, 1.807) is 16.5 Å². The molecule has 0 aliphatic rings. The molecule has 0 unspecified atom stereocenters. The molecule has 7 nitrogen and oxygen atoms in total. The van der Waals surface area contributed by atoms with Crippen LogP contribution >= 0.6 is 23.4 Å². The predicted octanol–water partition coefficient (Wildman–Crippen LogP) is 2.92. The molecule has 0 spiro atoms. The molecule has 136 valence electrons. The quantitative estimate of drug-likeness (QED) is 0.420. The van der Waals surface area contributed by atoms with Crippen molar-refractivity contribution in [2.45, 2.75) is 17.8 Å². The van der Waals surface area contributed by atoms with Gasteiger partial charge in [0.1, 0.15) is 5.65 Å². The van der Waals surface area contributed by atoms with Crippen LogP contribution < -0.4 is 11.4 Å².